The van der Waals surface area contributed by atoms with Gasteiger partial charge in [0.2, 0.25) is 5.91 Å². The molecule has 1 aliphatic heterocycles. The third-order valence-electron chi connectivity index (χ3n) is 6.49. The Morgan fingerprint density at radius 2 is 1.85 bits per heavy atom. The Hall–Kier alpha value is -3.18. The minimum Gasteiger partial charge on any atom is -0.339 e. The molecule has 5 heteroatoms. The fourth-order valence-corrected chi connectivity index (χ4v) is 5.48. The fraction of sp³-hybridized carbons (Fsp3) is 0.214. The average Bonchev–Trinajstić information content (AvgIpc) is 3.13. The molecule has 0 spiro atoms. The van der Waals surface area contributed by atoms with Crippen molar-refractivity contribution in [2.45, 2.75) is 19.9 Å². The van der Waals surface area contributed by atoms with E-state index in [0.717, 1.165) is 32.1 Å². The van der Waals surface area contributed by atoms with E-state index < -0.39 is 0 Å². The van der Waals surface area contributed by atoms with Gasteiger partial charge in [-0.05, 0) is 53.1 Å². The Morgan fingerprint density at radius 3 is 2.61 bits per heavy atom. The van der Waals surface area contributed by atoms with Gasteiger partial charge >= 0.3 is 0 Å². The average molecular weight is 501 g/mol. The quantitative estimate of drug-likeness (QED) is 0.298. The summed E-state index contributed by atoms with van der Waals surface area (Å²) >= 11 is 3.65. The standard InChI is InChI=1S/C28H25BrN2O2/c1-3-27(33)30-14-19(15-30)11-24(32)16-31-17-26(25-13-23(29)10-18(2)28(25)31)22-9-8-20-6-4-5-7-21(20)12-22/h3-10,12-13,17,19H,1,11,14-16H2,2H3. The van der Waals surface area contributed by atoms with Crippen LogP contribution in [0.2, 0.25) is 0 Å². The van der Waals surface area contributed by atoms with Crippen LogP contribution in [0.25, 0.3) is 32.8 Å². The summed E-state index contributed by atoms with van der Waals surface area (Å²) < 4.78 is 3.12. The number of carbonyl (C=O) groups is 2. The summed E-state index contributed by atoms with van der Waals surface area (Å²) in [7, 11) is 0. The zero-order chi connectivity index (χ0) is 23.1. The largest absolute Gasteiger partial charge is 0.339 e. The number of fused-ring (bicyclic) bond motifs is 2. The number of hydrogen-bond donors (Lipinski definition) is 0. The molecular weight excluding hydrogens is 476 g/mol. The van der Waals surface area contributed by atoms with Gasteiger partial charge in [-0.1, -0.05) is 58.9 Å². The van der Waals surface area contributed by atoms with Gasteiger partial charge < -0.3 is 9.47 Å². The lowest BCUT2D eigenvalue weighted by Crippen LogP contribution is -2.50. The van der Waals surface area contributed by atoms with Crippen molar-refractivity contribution < 1.29 is 9.59 Å². The molecule has 3 aromatic carbocycles. The van der Waals surface area contributed by atoms with Crippen molar-refractivity contribution in [3.05, 3.63) is 83.5 Å². The Bertz CT molecular complexity index is 1410. The maximum Gasteiger partial charge on any atom is 0.245 e. The highest BCUT2D eigenvalue weighted by atomic mass is 79.9. The van der Waals surface area contributed by atoms with Crippen LogP contribution in [-0.2, 0) is 16.1 Å². The number of amides is 1. The summed E-state index contributed by atoms with van der Waals surface area (Å²) in [5.41, 5.74) is 4.48. The fourth-order valence-electron chi connectivity index (χ4n) is 4.91. The number of nitrogens with zero attached hydrogens (tertiary/aromatic N) is 2. The molecule has 1 amide bonds. The van der Waals surface area contributed by atoms with Crippen LogP contribution in [0.4, 0.5) is 0 Å². The van der Waals surface area contributed by atoms with Crippen LogP contribution in [0.3, 0.4) is 0 Å². The minimum absolute atomic E-state index is 0.0590. The summed E-state index contributed by atoms with van der Waals surface area (Å²) in [5.74, 6) is 0.365. The highest BCUT2D eigenvalue weighted by molar-refractivity contribution is 9.10. The van der Waals surface area contributed by atoms with Gasteiger partial charge in [-0.2, -0.15) is 0 Å². The molecule has 0 radical (unpaired) electrons. The first kappa shape index (κ1) is 21.7. The van der Waals surface area contributed by atoms with Crippen LogP contribution in [0, 0.1) is 12.8 Å². The molecule has 4 aromatic rings. The number of rotatable bonds is 6. The zero-order valence-corrected chi connectivity index (χ0v) is 20.1. The van der Waals surface area contributed by atoms with Crippen molar-refractivity contribution in [2.75, 3.05) is 13.1 Å². The van der Waals surface area contributed by atoms with E-state index in [1.54, 1.807) is 4.90 Å². The van der Waals surface area contributed by atoms with E-state index >= 15 is 0 Å². The number of carbonyl (C=O) groups excluding carboxylic acids is 2. The van der Waals surface area contributed by atoms with E-state index in [1.165, 1.54) is 16.8 Å². The molecule has 33 heavy (non-hydrogen) atoms. The second-order valence-corrected chi connectivity index (χ2v) is 9.82. The van der Waals surface area contributed by atoms with Crippen LogP contribution in [0.5, 0.6) is 0 Å². The molecule has 1 aromatic heterocycles. The molecule has 0 aliphatic carbocycles. The molecule has 0 unspecified atom stereocenters. The lowest BCUT2D eigenvalue weighted by atomic mass is 9.94. The molecular formula is C28H25BrN2O2. The smallest absolute Gasteiger partial charge is 0.245 e. The second-order valence-electron chi connectivity index (χ2n) is 8.91. The molecule has 2 heterocycles. The van der Waals surface area contributed by atoms with Crippen molar-refractivity contribution in [3.63, 3.8) is 0 Å². The number of likely N-dealkylation sites (tertiary alicyclic amines) is 1. The van der Waals surface area contributed by atoms with Crippen LogP contribution in [0.15, 0.2) is 77.9 Å². The van der Waals surface area contributed by atoms with E-state index in [4.69, 9.17) is 0 Å². The molecule has 0 bridgehead atoms. The Kier molecular flexibility index (Phi) is 5.67. The third kappa shape index (κ3) is 4.13. The number of aromatic nitrogens is 1. The molecule has 5 rings (SSSR count). The number of aryl methyl sites for hydroxylation is 1. The van der Waals surface area contributed by atoms with Crippen LogP contribution in [0.1, 0.15) is 12.0 Å². The normalized spacial score (nSPS) is 13.9. The Balaban J connectivity index is 1.46. The van der Waals surface area contributed by atoms with Gasteiger partial charge in [0.15, 0.2) is 5.78 Å². The minimum atomic E-state index is -0.0590. The second kappa shape index (κ2) is 8.64. The monoisotopic (exact) mass is 500 g/mol. The van der Waals surface area contributed by atoms with Gasteiger partial charge in [0.1, 0.15) is 0 Å². The van der Waals surface area contributed by atoms with Crippen molar-refractivity contribution in [2.24, 2.45) is 5.92 Å². The summed E-state index contributed by atoms with van der Waals surface area (Å²) in [6.07, 6.45) is 3.93. The Morgan fingerprint density at radius 1 is 1.09 bits per heavy atom. The summed E-state index contributed by atoms with van der Waals surface area (Å²) in [5, 5.41) is 3.54. The molecule has 1 aliphatic rings. The number of hydrogen-bond acceptors (Lipinski definition) is 2. The van der Waals surface area contributed by atoms with Crippen molar-refractivity contribution >= 4 is 49.3 Å². The predicted molar refractivity (Wildman–Crippen MR) is 137 cm³/mol. The number of halogens is 1. The molecule has 4 nitrogen and oxygen atoms in total. The maximum absolute atomic E-state index is 13.0. The first-order valence-corrected chi connectivity index (χ1v) is 11.9. The summed E-state index contributed by atoms with van der Waals surface area (Å²) in [6.45, 7) is 7.22. The zero-order valence-electron chi connectivity index (χ0n) is 18.6. The maximum atomic E-state index is 13.0. The first-order valence-electron chi connectivity index (χ1n) is 11.1. The number of Topliss-reactive ketones (excluding diaryl/α,β-unsaturated/α-hetero) is 1. The van der Waals surface area contributed by atoms with E-state index in [0.29, 0.717) is 26.1 Å². The van der Waals surface area contributed by atoms with E-state index in [1.807, 2.05) is 0 Å². The van der Waals surface area contributed by atoms with Crippen molar-refractivity contribution in [1.82, 2.24) is 9.47 Å². The highest BCUT2D eigenvalue weighted by Crippen LogP contribution is 2.36. The van der Waals surface area contributed by atoms with E-state index in [9.17, 15) is 9.59 Å². The molecule has 0 saturated carbocycles. The van der Waals surface area contributed by atoms with Gasteiger partial charge in [-0.3, -0.25) is 9.59 Å². The molecule has 1 fully saturated rings. The SMILES string of the molecule is C=CC(=O)N1CC(CC(=O)Cn2cc(-c3ccc4ccccc4c3)c3cc(Br)cc(C)c32)C1. The number of ketones is 1. The van der Waals surface area contributed by atoms with Gasteiger partial charge in [-0.15, -0.1) is 0 Å². The molecule has 166 valence electrons. The van der Waals surface area contributed by atoms with Gasteiger partial charge in [0.25, 0.3) is 0 Å². The third-order valence-corrected chi connectivity index (χ3v) is 6.95. The highest BCUT2D eigenvalue weighted by Gasteiger charge is 2.30. The van der Waals surface area contributed by atoms with Gasteiger partial charge in [-0.25, -0.2) is 0 Å². The lowest BCUT2D eigenvalue weighted by Gasteiger charge is -2.38. The summed E-state index contributed by atoms with van der Waals surface area (Å²) in [4.78, 5) is 26.3. The predicted octanol–water partition coefficient (Wildman–Crippen LogP) is 6.14. The molecule has 0 atom stereocenters. The molecule has 1 saturated heterocycles. The van der Waals surface area contributed by atoms with Crippen LogP contribution >= 0.6 is 15.9 Å². The summed E-state index contributed by atoms with van der Waals surface area (Å²) in [6, 6.07) is 19.1. The van der Waals surface area contributed by atoms with E-state index in [2.05, 4.69) is 94.8 Å². The van der Waals surface area contributed by atoms with Crippen molar-refractivity contribution in [3.8, 4) is 11.1 Å². The van der Waals surface area contributed by atoms with Gasteiger partial charge in [0, 0.05) is 47.0 Å². The Labute approximate surface area is 201 Å². The van der Waals surface area contributed by atoms with Crippen LogP contribution < -0.4 is 0 Å². The first-order chi connectivity index (χ1) is 15.9. The van der Waals surface area contributed by atoms with Crippen molar-refractivity contribution in [1.29, 1.82) is 0 Å². The molecule has 0 N–H and O–H groups in total. The lowest BCUT2D eigenvalue weighted by molar-refractivity contribution is -0.134. The van der Waals surface area contributed by atoms with Gasteiger partial charge in [0.05, 0.1) is 12.1 Å². The number of benzene rings is 3. The van der Waals surface area contributed by atoms with E-state index in [-0.39, 0.29) is 17.6 Å². The van der Waals surface area contributed by atoms with Crippen LogP contribution in [-0.4, -0.2) is 34.2 Å². The topological polar surface area (TPSA) is 42.3 Å².